The van der Waals surface area contributed by atoms with Crippen molar-refractivity contribution in [2.24, 2.45) is 0 Å². The average Bonchev–Trinajstić information content (AvgIpc) is 2.67. The van der Waals surface area contributed by atoms with Crippen LogP contribution in [0.4, 0.5) is 5.95 Å². The molecule has 0 saturated carbocycles. The van der Waals surface area contributed by atoms with E-state index in [9.17, 15) is 5.11 Å². The van der Waals surface area contributed by atoms with E-state index in [0.29, 0.717) is 28.5 Å². The first-order valence-electron chi connectivity index (χ1n) is 9.93. The SMILES string of the molecule is CC1(C)CC(Nc2ncc(-c3ccc(-c4cncnn4)cc3O)nn2)CC(C)(C)N1. The molecule has 0 amide bonds. The van der Waals surface area contributed by atoms with Crippen molar-refractivity contribution in [1.29, 1.82) is 0 Å². The number of piperidine rings is 1. The highest BCUT2D eigenvalue weighted by atomic mass is 16.3. The van der Waals surface area contributed by atoms with Crippen molar-refractivity contribution in [2.75, 3.05) is 5.32 Å². The summed E-state index contributed by atoms with van der Waals surface area (Å²) in [7, 11) is 0. The zero-order valence-corrected chi connectivity index (χ0v) is 17.6. The fourth-order valence-electron chi connectivity index (χ4n) is 4.36. The quantitative estimate of drug-likeness (QED) is 0.600. The summed E-state index contributed by atoms with van der Waals surface area (Å²) in [6.07, 6.45) is 6.49. The predicted octanol–water partition coefficient (Wildman–Crippen LogP) is 2.82. The van der Waals surface area contributed by atoms with Gasteiger partial charge in [0, 0.05) is 28.2 Å². The van der Waals surface area contributed by atoms with E-state index < -0.39 is 0 Å². The minimum absolute atomic E-state index is 0.0268. The van der Waals surface area contributed by atoms with Gasteiger partial charge in [0.05, 0.1) is 12.4 Å². The molecule has 1 aliphatic rings. The molecule has 1 aromatic carbocycles. The molecule has 156 valence electrons. The molecule has 0 unspecified atom stereocenters. The van der Waals surface area contributed by atoms with Gasteiger partial charge in [-0.15, -0.1) is 20.4 Å². The molecule has 4 rings (SSSR count). The van der Waals surface area contributed by atoms with Crippen LogP contribution in [0.1, 0.15) is 40.5 Å². The third-order valence-electron chi connectivity index (χ3n) is 5.14. The summed E-state index contributed by atoms with van der Waals surface area (Å²) in [4.78, 5) is 8.37. The van der Waals surface area contributed by atoms with Crippen LogP contribution in [0.3, 0.4) is 0 Å². The van der Waals surface area contributed by atoms with Gasteiger partial charge in [-0.25, -0.2) is 9.97 Å². The molecule has 2 aromatic heterocycles. The zero-order valence-electron chi connectivity index (χ0n) is 17.6. The van der Waals surface area contributed by atoms with Crippen LogP contribution < -0.4 is 10.6 Å². The Balaban J connectivity index is 1.50. The summed E-state index contributed by atoms with van der Waals surface area (Å²) in [5, 5.41) is 33.8. The molecule has 1 saturated heterocycles. The summed E-state index contributed by atoms with van der Waals surface area (Å²) in [6, 6.07) is 5.44. The smallest absolute Gasteiger partial charge is 0.242 e. The van der Waals surface area contributed by atoms with Crippen LogP contribution in [0, 0.1) is 0 Å². The van der Waals surface area contributed by atoms with Crippen LogP contribution in [0.25, 0.3) is 22.5 Å². The largest absolute Gasteiger partial charge is 0.507 e. The molecule has 1 aliphatic heterocycles. The zero-order chi connectivity index (χ0) is 21.4. The Morgan fingerprint density at radius 3 is 2.37 bits per heavy atom. The lowest BCUT2D eigenvalue weighted by Gasteiger charge is -2.46. The van der Waals surface area contributed by atoms with Gasteiger partial charge in [0.15, 0.2) is 0 Å². The second kappa shape index (κ2) is 7.56. The number of nitrogens with one attached hydrogen (secondary N) is 2. The van der Waals surface area contributed by atoms with Gasteiger partial charge in [0.25, 0.3) is 0 Å². The van der Waals surface area contributed by atoms with Crippen LogP contribution in [0.2, 0.25) is 0 Å². The number of nitrogens with zero attached hydrogens (tertiary/aromatic N) is 6. The first kappa shape index (κ1) is 20.1. The Bertz CT molecular complexity index is 1000. The van der Waals surface area contributed by atoms with E-state index in [4.69, 9.17) is 0 Å². The highest BCUT2D eigenvalue weighted by Gasteiger charge is 2.37. The van der Waals surface area contributed by atoms with Crippen molar-refractivity contribution in [1.82, 2.24) is 35.7 Å². The van der Waals surface area contributed by atoms with Crippen molar-refractivity contribution in [3.63, 3.8) is 0 Å². The van der Waals surface area contributed by atoms with E-state index in [0.717, 1.165) is 12.8 Å². The second-order valence-corrected chi connectivity index (χ2v) is 9.04. The second-order valence-electron chi connectivity index (χ2n) is 9.04. The number of hydrogen-bond acceptors (Lipinski definition) is 9. The Hall–Kier alpha value is -3.20. The maximum Gasteiger partial charge on any atom is 0.242 e. The Morgan fingerprint density at radius 2 is 1.77 bits per heavy atom. The van der Waals surface area contributed by atoms with Gasteiger partial charge in [-0.3, -0.25) is 0 Å². The van der Waals surface area contributed by atoms with Crippen LogP contribution in [-0.2, 0) is 0 Å². The third-order valence-corrected chi connectivity index (χ3v) is 5.14. The van der Waals surface area contributed by atoms with Crippen LogP contribution in [0.5, 0.6) is 5.75 Å². The van der Waals surface area contributed by atoms with Crippen molar-refractivity contribution >= 4 is 5.95 Å². The lowest BCUT2D eigenvalue weighted by Crippen LogP contribution is -2.60. The molecule has 3 heterocycles. The number of benzene rings is 1. The number of hydrogen-bond donors (Lipinski definition) is 3. The summed E-state index contributed by atoms with van der Waals surface area (Å²) >= 11 is 0. The lowest BCUT2D eigenvalue weighted by atomic mass is 9.80. The maximum atomic E-state index is 10.5. The van der Waals surface area contributed by atoms with E-state index in [1.807, 2.05) is 6.07 Å². The fraction of sp³-hybridized carbons (Fsp3) is 0.429. The van der Waals surface area contributed by atoms with Gasteiger partial charge >= 0.3 is 0 Å². The first-order chi connectivity index (χ1) is 14.2. The van der Waals surface area contributed by atoms with Crippen molar-refractivity contribution in [3.8, 4) is 28.3 Å². The lowest BCUT2D eigenvalue weighted by molar-refractivity contribution is 0.170. The number of rotatable bonds is 4. The monoisotopic (exact) mass is 406 g/mol. The van der Waals surface area contributed by atoms with Crippen LogP contribution in [-0.4, -0.2) is 52.6 Å². The third kappa shape index (κ3) is 4.51. The molecule has 0 radical (unpaired) electrons. The van der Waals surface area contributed by atoms with E-state index in [1.54, 1.807) is 24.5 Å². The highest BCUT2D eigenvalue weighted by molar-refractivity contribution is 5.72. The van der Waals surface area contributed by atoms with E-state index in [2.05, 4.69) is 68.7 Å². The number of phenolic OH excluding ortho intramolecular Hbond substituents is 1. The molecule has 9 heteroatoms. The van der Waals surface area contributed by atoms with Crippen LogP contribution in [0.15, 0.2) is 36.9 Å². The molecular weight excluding hydrogens is 380 g/mol. The molecule has 30 heavy (non-hydrogen) atoms. The van der Waals surface area contributed by atoms with Crippen molar-refractivity contribution in [3.05, 3.63) is 36.9 Å². The summed E-state index contributed by atoms with van der Waals surface area (Å²) in [6.45, 7) is 8.81. The molecule has 3 aromatic rings. The summed E-state index contributed by atoms with van der Waals surface area (Å²) in [5.74, 6) is 0.552. The Morgan fingerprint density at radius 1 is 1.00 bits per heavy atom. The predicted molar refractivity (Wildman–Crippen MR) is 114 cm³/mol. The molecule has 0 aliphatic carbocycles. The van der Waals surface area contributed by atoms with Gasteiger partial charge in [0.2, 0.25) is 5.95 Å². The average molecular weight is 406 g/mol. The minimum atomic E-state index is 0.0268. The number of anilines is 1. The Kier molecular flexibility index (Phi) is 5.07. The van der Waals surface area contributed by atoms with Crippen molar-refractivity contribution in [2.45, 2.75) is 57.7 Å². The topological polar surface area (TPSA) is 122 Å². The molecule has 3 N–H and O–H groups in total. The van der Waals surface area contributed by atoms with Gasteiger partial charge in [-0.1, -0.05) is 6.07 Å². The molecule has 0 bridgehead atoms. The fourth-order valence-corrected chi connectivity index (χ4v) is 4.36. The van der Waals surface area contributed by atoms with Gasteiger partial charge in [0.1, 0.15) is 23.5 Å². The van der Waals surface area contributed by atoms with Gasteiger partial charge in [-0.05, 0) is 52.7 Å². The first-order valence-corrected chi connectivity index (χ1v) is 9.93. The van der Waals surface area contributed by atoms with Gasteiger partial charge in [-0.2, -0.15) is 0 Å². The summed E-state index contributed by atoms with van der Waals surface area (Å²) < 4.78 is 0. The van der Waals surface area contributed by atoms with Crippen LogP contribution >= 0.6 is 0 Å². The minimum Gasteiger partial charge on any atom is -0.507 e. The van der Waals surface area contributed by atoms with Gasteiger partial charge < -0.3 is 15.7 Å². The number of aromatic hydroxyl groups is 1. The Labute approximate surface area is 175 Å². The molecular formula is C21H26N8O. The standard InChI is InChI=1S/C21H26N8O/c1-20(2)8-14(9-21(3,4)29-20)25-19-23-11-17(27-28-19)15-6-5-13(7-18(15)30)16-10-22-12-24-26-16/h5-7,10-12,14,29-30H,8-9H2,1-4H3,(H,23,25,28). The molecule has 0 spiro atoms. The summed E-state index contributed by atoms with van der Waals surface area (Å²) in [5.41, 5.74) is 2.39. The normalized spacial score (nSPS) is 18.1. The molecule has 1 fully saturated rings. The number of phenols is 1. The number of aromatic nitrogens is 6. The van der Waals surface area contributed by atoms with Crippen molar-refractivity contribution < 1.29 is 5.11 Å². The maximum absolute atomic E-state index is 10.5. The molecule has 0 atom stereocenters. The van der Waals surface area contributed by atoms with E-state index in [-0.39, 0.29) is 22.9 Å². The van der Waals surface area contributed by atoms with E-state index in [1.165, 1.54) is 6.33 Å². The molecule has 9 nitrogen and oxygen atoms in total. The highest BCUT2D eigenvalue weighted by Crippen LogP contribution is 2.32. The van der Waals surface area contributed by atoms with E-state index >= 15 is 0 Å².